The molecule has 0 bridgehead atoms. The van der Waals surface area contributed by atoms with Crippen LogP contribution in [0.2, 0.25) is 0 Å². The summed E-state index contributed by atoms with van der Waals surface area (Å²) in [5.41, 5.74) is 3.75. The molecule has 0 amide bonds. The summed E-state index contributed by atoms with van der Waals surface area (Å²) >= 11 is 0. The van der Waals surface area contributed by atoms with Gasteiger partial charge in [-0.2, -0.15) is 10.2 Å². The summed E-state index contributed by atoms with van der Waals surface area (Å²) in [7, 11) is 0. The Kier molecular flexibility index (Phi) is 3.69. The molecule has 0 aliphatic carbocycles. The molecule has 0 aliphatic rings. The predicted molar refractivity (Wildman–Crippen MR) is 85.2 cm³/mol. The van der Waals surface area contributed by atoms with Crippen LogP contribution < -0.4 is 10.1 Å². The van der Waals surface area contributed by atoms with Crippen molar-refractivity contribution >= 4 is 22.3 Å². The van der Waals surface area contributed by atoms with Gasteiger partial charge in [-0.05, 0) is 44.2 Å². The van der Waals surface area contributed by atoms with Gasteiger partial charge in [0.05, 0.1) is 23.5 Å². The van der Waals surface area contributed by atoms with Crippen LogP contribution in [-0.2, 0) is 0 Å². The van der Waals surface area contributed by atoms with Gasteiger partial charge in [-0.1, -0.05) is 18.2 Å². The molecule has 3 aromatic rings. The van der Waals surface area contributed by atoms with Crippen LogP contribution in [0.15, 0.2) is 48.5 Å². The molecule has 4 nitrogen and oxygen atoms in total. The van der Waals surface area contributed by atoms with Crippen molar-refractivity contribution in [1.29, 1.82) is 0 Å². The summed E-state index contributed by atoms with van der Waals surface area (Å²) in [5.74, 6) is 0.873. The Morgan fingerprint density at radius 3 is 2.52 bits per heavy atom. The molecule has 0 spiro atoms. The maximum Gasteiger partial charge on any atom is 0.119 e. The van der Waals surface area contributed by atoms with Crippen LogP contribution in [0.3, 0.4) is 0 Å². The molecule has 0 radical (unpaired) electrons. The first-order valence-electron chi connectivity index (χ1n) is 7.00. The van der Waals surface area contributed by atoms with Crippen molar-refractivity contribution in [2.45, 2.75) is 13.8 Å². The monoisotopic (exact) mass is 279 g/mol. The third-order valence-corrected chi connectivity index (χ3v) is 3.28. The van der Waals surface area contributed by atoms with E-state index in [1.807, 2.05) is 62.4 Å². The molecule has 0 unspecified atom stereocenters. The lowest BCUT2D eigenvalue weighted by Crippen LogP contribution is -1.99. The van der Waals surface area contributed by atoms with Crippen molar-refractivity contribution in [2.75, 3.05) is 11.9 Å². The number of benzene rings is 2. The summed E-state index contributed by atoms with van der Waals surface area (Å²) in [5, 5.41) is 12.9. The van der Waals surface area contributed by atoms with Gasteiger partial charge in [-0.25, -0.2) is 0 Å². The molecule has 106 valence electrons. The average Bonchev–Trinajstić information content (AvgIpc) is 2.52. The van der Waals surface area contributed by atoms with E-state index < -0.39 is 0 Å². The summed E-state index contributed by atoms with van der Waals surface area (Å²) < 4.78 is 5.45. The number of fused-ring (bicyclic) bond motifs is 1. The Morgan fingerprint density at radius 1 is 1.00 bits per heavy atom. The van der Waals surface area contributed by atoms with Crippen LogP contribution in [-0.4, -0.2) is 16.8 Å². The second kappa shape index (κ2) is 5.79. The summed E-state index contributed by atoms with van der Waals surface area (Å²) in [6.45, 7) is 4.60. The molecule has 1 aromatic heterocycles. The number of anilines is 2. The lowest BCUT2D eigenvalue weighted by molar-refractivity contribution is 0.340. The maximum atomic E-state index is 5.45. The minimum absolute atomic E-state index is 0.671. The first-order valence-corrected chi connectivity index (χ1v) is 7.00. The number of nitrogens with zero attached hydrogens (tertiary/aromatic N) is 2. The van der Waals surface area contributed by atoms with Gasteiger partial charge in [-0.15, -0.1) is 0 Å². The van der Waals surface area contributed by atoms with Crippen molar-refractivity contribution in [3.63, 3.8) is 0 Å². The van der Waals surface area contributed by atoms with Gasteiger partial charge in [0.25, 0.3) is 0 Å². The average molecular weight is 279 g/mol. The van der Waals surface area contributed by atoms with Crippen LogP contribution in [0.25, 0.3) is 10.9 Å². The van der Waals surface area contributed by atoms with Crippen LogP contribution in [0.4, 0.5) is 11.4 Å². The Bertz CT molecular complexity index is 754. The highest BCUT2D eigenvalue weighted by molar-refractivity contribution is 5.93. The number of aryl methyl sites for hydroxylation is 1. The highest BCUT2D eigenvalue weighted by atomic mass is 16.5. The van der Waals surface area contributed by atoms with Crippen molar-refractivity contribution in [2.24, 2.45) is 0 Å². The Hall–Kier alpha value is -2.62. The minimum Gasteiger partial charge on any atom is -0.494 e. The van der Waals surface area contributed by atoms with E-state index in [1.165, 1.54) is 0 Å². The Morgan fingerprint density at radius 2 is 1.76 bits per heavy atom. The second-order valence-electron chi connectivity index (χ2n) is 4.76. The summed E-state index contributed by atoms with van der Waals surface area (Å²) in [6.07, 6.45) is 0. The van der Waals surface area contributed by atoms with Crippen LogP contribution in [0.5, 0.6) is 5.75 Å². The molecule has 3 rings (SSSR count). The molecule has 0 fully saturated rings. The molecule has 1 N–H and O–H groups in total. The third-order valence-electron chi connectivity index (χ3n) is 3.28. The minimum atomic E-state index is 0.671. The molecule has 2 aromatic carbocycles. The molecule has 0 saturated carbocycles. The topological polar surface area (TPSA) is 47.0 Å². The van der Waals surface area contributed by atoms with Crippen LogP contribution >= 0.6 is 0 Å². The first kappa shape index (κ1) is 13.4. The number of aromatic nitrogens is 2. The van der Waals surface area contributed by atoms with Gasteiger partial charge < -0.3 is 10.1 Å². The van der Waals surface area contributed by atoms with E-state index in [4.69, 9.17) is 4.74 Å². The number of nitrogens with one attached hydrogen (secondary N) is 1. The normalized spacial score (nSPS) is 10.6. The molecule has 0 saturated heterocycles. The third kappa shape index (κ3) is 2.79. The molecule has 1 heterocycles. The summed E-state index contributed by atoms with van der Waals surface area (Å²) in [6, 6.07) is 15.9. The van der Waals surface area contributed by atoms with Gasteiger partial charge in [0, 0.05) is 11.1 Å². The van der Waals surface area contributed by atoms with Gasteiger partial charge in [0.2, 0.25) is 0 Å². The molecular weight excluding hydrogens is 262 g/mol. The maximum absolute atomic E-state index is 5.45. The van der Waals surface area contributed by atoms with Crippen LogP contribution in [0.1, 0.15) is 12.6 Å². The first-order chi connectivity index (χ1) is 10.3. The Balaban J connectivity index is 1.95. The van der Waals surface area contributed by atoms with Gasteiger partial charge in [0.15, 0.2) is 0 Å². The largest absolute Gasteiger partial charge is 0.494 e. The highest BCUT2D eigenvalue weighted by Gasteiger charge is 2.07. The second-order valence-corrected chi connectivity index (χ2v) is 4.76. The van der Waals surface area contributed by atoms with E-state index in [1.54, 1.807) is 0 Å². The molecule has 21 heavy (non-hydrogen) atoms. The zero-order valence-corrected chi connectivity index (χ0v) is 12.1. The number of ether oxygens (including phenoxy) is 1. The number of hydrogen-bond donors (Lipinski definition) is 1. The standard InChI is InChI=1S/C17H17N3O/c1-3-21-14-10-8-13(9-11-14)18-17-12(2)19-20-16-7-5-4-6-15(16)17/h4-11H,3H2,1-2H3,(H,18,20). The molecular formula is C17H17N3O. The summed E-state index contributed by atoms with van der Waals surface area (Å²) in [4.78, 5) is 0. The van der Waals surface area contributed by atoms with E-state index in [2.05, 4.69) is 15.5 Å². The zero-order chi connectivity index (χ0) is 14.7. The lowest BCUT2D eigenvalue weighted by Gasteiger charge is -2.12. The van der Waals surface area contributed by atoms with Crippen molar-refractivity contribution < 1.29 is 4.74 Å². The van der Waals surface area contributed by atoms with E-state index in [0.29, 0.717) is 6.61 Å². The quantitative estimate of drug-likeness (QED) is 0.781. The fourth-order valence-electron chi connectivity index (χ4n) is 2.25. The SMILES string of the molecule is CCOc1ccc(Nc2c(C)nnc3ccccc23)cc1. The van der Waals surface area contributed by atoms with Crippen molar-refractivity contribution in [1.82, 2.24) is 10.2 Å². The number of hydrogen-bond acceptors (Lipinski definition) is 4. The van der Waals surface area contributed by atoms with Gasteiger partial charge in [0.1, 0.15) is 5.75 Å². The lowest BCUT2D eigenvalue weighted by atomic mass is 10.1. The van der Waals surface area contributed by atoms with Crippen LogP contribution in [0, 0.1) is 6.92 Å². The predicted octanol–water partition coefficient (Wildman–Crippen LogP) is 4.08. The molecule has 0 aliphatic heterocycles. The zero-order valence-electron chi connectivity index (χ0n) is 12.1. The van der Waals surface area contributed by atoms with Crippen molar-refractivity contribution in [3.8, 4) is 5.75 Å². The van der Waals surface area contributed by atoms with Crippen molar-refractivity contribution in [3.05, 3.63) is 54.2 Å². The molecule has 0 atom stereocenters. The highest BCUT2D eigenvalue weighted by Crippen LogP contribution is 2.27. The van der Waals surface area contributed by atoms with E-state index in [0.717, 1.165) is 33.7 Å². The fourth-order valence-corrected chi connectivity index (χ4v) is 2.25. The fraction of sp³-hybridized carbons (Fsp3) is 0.176. The Labute approximate surface area is 123 Å². The number of rotatable bonds is 4. The van der Waals surface area contributed by atoms with E-state index >= 15 is 0 Å². The van der Waals surface area contributed by atoms with E-state index in [9.17, 15) is 0 Å². The van der Waals surface area contributed by atoms with Gasteiger partial charge in [-0.3, -0.25) is 0 Å². The van der Waals surface area contributed by atoms with E-state index in [-0.39, 0.29) is 0 Å². The van der Waals surface area contributed by atoms with Gasteiger partial charge >= 0.3 is 0 Å². The smallest absolute Gasteiger partial charge is 0.119 e. The molecule has 4 heteroatoms.